The summed E-state index contributed by atoms with van der Waals surface area (Å²) in [5.41, 5.74) is 3.03. The van der Waals surface area contributed by atoms with Gasteiger partial charge in [-0.25, -0.2) is 9.69 Å². The third-order valence-corrected chi connectivity index (χ3v) is 7.89. The van der Waals surface area contributed by atoms with Crippen molar-refractivity contribution in [1.82, 2.24) is 0 Å². The summed E-state index contributed by atoms with van der Waals surface area (Å²) in [5.74, 6) is -1.17. The minimum Gasteiger partial charge on any atom is -0.462 e. The van der Waals surface area contributed by atoms with Crippen LogP contribution in [0.3, 0.4) is 0 Å². The molecule has 4 rings (SSSR count). The number of unbranched alkanes of at least 4 members (excludes halogenated alkanes) is 1. The number of thioether (sulfide) groups is 2. The van der Waals surface area contributed by atoms with E-state index in [1.54, 1.807) is 24.3 Å². The largest absolute Gasteiger partial charge is 0.462 e. The molecule has 5 nitrogen and oxygen atoms in total. The zero-order valence-corrected chi connectivity index (χ0v) is 22.1. The molecule has 0 bridgehead atoms. The molecular formula is C29H27NO4S2. The quantitative estimate of drug-likeness (QED) is 0.174. The van der Waals surface area contributed by atoms with Crippen molar-refractivity contribution in [3.63, 3.8) is 0 Å². The molecule has 0 aromatic heterocycles. The molecule has 1 aliphatic rings. The molecule has 1 heterocycles. The standard InChI is InChI=1S/C29H27NO4S2/c1-4-5-18-34-29(33)21-10-12-22(13-11-21)30-27(31)25(35-23-14-6-19(2)7-15-23)26(28(30)32)36-24-16-8-20(3)9-17-24/h6-17H,4-5,18H2,1-3H3. The van der Waals surface area contributed by atoms with E-state index < -0.39 is 5.97 Å². The van der Waals surface area contributed by atoms with Crippen molar-refractivity contribution in [3.8, 4) is 0 Å². The lowest BCUT2D eigenvalue weighted by Gasteiger charge is -2.15. The monoisotopic (exact) mass is 517 g/mol. The maximum absolute atomic E-state index is 13.6. The van der Waals surface area contributed by atoms with Crippen LogP contribution in [-0.4, -0.2) is 24.4 Å². The zero-order valence-electron chi connectivity index (χ0n) is 20.4. The summed E-state index contributed by atoms with van der Waals surface area (Å²) in [6.07, 6.45) is 1.74. The average Bonchev–Trinajstić information content (AvgIpc) is 3.10. The van der Waals surface area contributed by atoms with Crippen molar-refractivity contribution in [3.05, 3.63) is 99.3 Å². The maximum Gasteiger partial charge on any atom is 0.338 e. The van der Waals surface area contributed by atoms with Gasteiger partial charge in [0.25, 0.3) is 11.8 Å². The first-order valence-electron chi connectivity index (χ1n) is 11.8. The van der Waals surface area contributed by atoms with Crippen molar-refractivity contribution >= 4 is 47.0 Å². The molecular weight excluding hydrogens is 490 g/mol. The number of benzene rings is 3. The molecule has 0 unspecified atom stereocenters. The maximum atomic E-state index is 13.6. The van der Waals surface area contributed by atoms with Crippen LogP contribution in [0.2, 0.25) is 0 Å². The first kappa shape index (κ1) is 25.8. The van der Waals surface area contributed by atoms with Gasteiger partial charge in [-0.3, -0.25) is 9.59 Å². The molecule has 0 aliphatic carbocycles. The number of imide groups is 1. The Labute approximate surface area is 219 Å². The van der Waals surface area contributed by atoms with Crippen LogP contribution in [0.15, 0.2) is 92.4 Å². The summed E-state index contributed by atoms with van der Waals surface area (Å²) in [6.45, 7) is 6.39. The number of anilines is 1. The number of nitrogens with zero attached hydrogens (tertiary/aromatic N) is 1. The van der Waals surface area contributed by atoms with E-state index in [-0.39, 0.29) is 11.8 Å². The van der Waals surface area contributed by atoms with Crippen molar-refractivity contribution in [2.45, 2.75) is 43.4 Å². The Hall–Kier alpha value is -3.29. The van der Waals surface area contributed by atoms with E-state index in [1.807, 2.05) is 69.3 Å². The highest BCUT2D eigenvalue weighted by Crippen LogP contribution is 2.44. The van der Waals surface area contributed by atoms with Crippen LogP contribution in [0.4, 0.5) is 5.69 Å². The number of amides is 2. The van der Waals surface area contributed by atoms with Gasteiger partial charge in [0.05, 0.1) is 27.7 Å². The number of esters is 1. The predicted octanol–water partition coefficient (Wildman–Crippen LogP) is 6.93. The second kappa shape index (κ2) is 11.6. The molecule has 0 atom stereocenters. The molecule has 0 saturated heterocycles. The fourth-order valence-electron chi connectivity index (χ4n) is 3.49. The Morgan fingerprint density at radius 1 is 0.750 bits per heavy atom. The molecule has 36 heavy (non-hydrogen) atoms. The van der Waals surface area contributed by atoms with Gasteiger partial charge in [-0.2, -0.15) is 0 Å². The Bertz CT molecular complexity index is 1230. The van der Waals surface area contributed by atoms with E-state index >= 15 is 0 Å². The smallest absolute Gasteiger partial charge is 0.338 e. The Kier molecular flexibility index (Phi) is 8.33. The molecule has 1 aliphatic heterocycles. The second-order valence-electron chi connectivity index (χ2n) is 8.47. The highest BCUT2D eigenvalue weighted by atomic mass is 32.2. The minimum absolute atomic E-state index is 0.364. The summed E-state index contributed by atoms with van der Waals surface area (Å²) in [7, 11) is 0. The van der Waals surface area contributed by atoms with Crippen LogP contribution in [0.1, 0.15) is 41.3 Å². The van der Waals surface area contributed by atoms with Crippen LogP contribution in [0, 0.1) is 13.8 Å². The van der Waals surface area contributed by atoms with E-state index in [4.69, 9.17) is 4.74 Å². The summed E-state index contributed by atoms with van der Waals surface area (Å²) in [4.78, 5) is 43.1. The second-order valence-corrected chi connectivity index (χ2v) is 10.6. The van der Waals surface area contributed by atoms with Gasteiger partial charge in [0, 0.05) is 9.79 Å². The average molecular weight is 518 g/mol. The third kappa shape index (κ3) is 5.91. The molecule has 0 saturated carbocycles. The van der Waals surface area contributed by atoms with Crippen LogP contribution < -0.4 is 4.90 Å². The molecule has 0 N–H and O–H groups in total. The van der Waals surface area contributed by atoms with E-state index in [2.05, 4.69) is 0 Å². The number of hydrogen-bond donors (Lipinski definition) is 0. The number of carbonyl (C=O) groups is 3. The highest BCUT2D eigenvalue weighted by molar-refractivity contribution is 8.08. The van der Waals surface area contributed by atoms with Gasteiger partial charge in [0.1, 0.15) is 0 Å². The minimum atomic E-state index is -0.418. The van der Waals surface area contributed by atoms with Gasteiger partial charge >= 0.3 is 5.97 Å². The van der Waals surface area contributed by atoms with Crippen molar-refractivity contribution in [2.24, 2.45) is 0 Å². The molecule has 3 aromatic carbocycles. The van der Waals surface area contributed by atoms with Gasteiger partial charge in [-0.15, -0.1) is 0 Å². The van der Waals surface area contributed by atoms with Crippen LogP contribution in [0.5, 0.6) is 0 Å². The topological polar surface area (TPSA) is 63.7 Å². The van der Waals surface area contributed by atoms with E-state index in [1.165, 1.54) is 28.4 Å². The van der Waals surface area contributed by atoms with E-state index in [9.17, 15) is 14.4 Å². The van der Waals surface area contributed by atoms with Crippen LogP contribution in [-0.2, 0) is 14.3 Å². The number of rotatable bonds is 9. The van der Waals surface area contributed by atoms with Gasteiger partial charge in [0.15, 0.2) is 0 Å². The molecule has 0 fully saturated rings. The highest BCUT2D eigenvalue weighted by Gasteiger charge is 2.40. The molecule has 0 spiro atoms. The van der Waals surface area contributed by atoms with Crippen LogP contribution >= 0.6 is 23.5 Å². The molecule has 0 radical (unpaired) electrons. The summed E-state index contributed by atoms with van der Waals surface area (Å²) < 4.78 is 5.26. The van der Waals surface area contributed by atoms with Gasteiger partial charge in [-0.05, 0) is 68.8 Å². The lowest BCUT2D eigenvalue weighted by atomic mass is 10.2. The molecule has 184 valence electrons. The lowest BCUT2D eigenvalue weighted by Crippen LogP contribution is -2.31. The van der Waals surface area contributed by atoms with Gasteiger partial charge in [-0.1, -0.05) is 72.3 Å². The first-order valence-corrected chi connectivity index (χ1v) is 13.4. The predicted molar refractivity (Wildman–Crippen MR) is 145 cm³/mol. The molecule has 7 heteroatoms. The number of aryl methyl sites for hydroxylation is 2. The fourth-order valence-corrected chi connectivity index (χ4v) is 5.47. The third-order valence-electron chi connectivity index (χ3n) is 5.57. The van der Waals surface area contributed by atoms with Gasteiger partial charge < -0.3 is 4.74 Å². The summed E-state index contributed by atoms with van der Waals surface area (Å²) in [5, 5.41) is 0. The van der Waals surface area contributed by atoms with Crippen molar-refractivity contribution < 1.29 is 19.1 Å². The number of carbonyl (C=O) groups excluding carboxylic acids is 3. The van der Waals surface area contributed by atoms with Crippen LogP contribution in [0.25, 0.3) is 0 Å². The van der Waals surface area contributed by atoms with Crippen molar-refractivity contribution in [2.75, 3.05) is 11.5 Å². The van der Waals surface area contributed by atoms with Gasteiger partial charge in [0.2, 0.25) is 0 Å². The Balaban J connectivity index is 1.62. The summed E-state index contributed by atoms with van der Waals surface area (Å²) in [6, 6.07) is 22.1. The number of ether oxygens (including phenoxy) is 1. The van der Waals surface area contributed by atoms with Crippen molar-refractivity contribution in [1.29, 1.82) is 0 Å². The molecule has 2 amide bonds. The Morgan fingerprint density at radius 2 is 1.22 bits per heavy atom. The first-order chi connectivity index (χ1) is 17.4. The van der Waals surface area contributed by atoms with E-state index in [0.717, 1.165) is 33.8 Å². The zero-order chi connectivity index (χ0) is 25.7. The number of hydrogen-bond acceptors (Lipinski definition) is 6. The molecule has 3 aromatic rings. The van der Waals surface area contributed by atoms with E-state index in [0.29, 0.717) is 27.7 Å². The summed E-state index contributed by atoms with van der Waals surface area (Å²) >= 11 is 2.59. The fraction of sp³-hybridized carbons (Fsp3) is 0.207. The lowest BCUT2D eigenvalue weighted by molar-refractivity contribution is -0.120. The Morgan fingerprint density at radius 3 is 1.67 bits per heavy atom. The normalized spacial score (nSPS) is 13.5. The SMILES string of the molecule is CCCCOC(=O)c1ccc(N2C(=O)C(Sc3ccc(C)cc3)=C(Sc3ccc(C)cc3)C2=O)cc1.